The van der Waals surface area contributed by atoms with Crippen molar-refractivity contribution in [3.8, 4) is 0 Å². The number of amides is 1. The lowest BCUT2D eigenvalue weighted by molar-refractivity contribution is -0.187. The zero-order chi connectivity index (χ0) is 14.3. The van der Waals surface area contributed by atoms with Crippen LogP contribution in [0.1, 0.15) is 28.7 Å². The topological polar surface area (TPSA) is 55.1 Å². The van der Waals surface area contributed by atoms with E-state index in [2.05, 4.69) is 5.32 Å². The minimum atomic E-state index is -4.76. The molecular weight excluding hydrogens is 277 g/mol. The van der Waals surface area contributed by atoms with Crippen molar-refractivity contribution >= 4 is 17.2 Å². The van der Waals surface area contributed by atoms with E-state index < -0.39 is 17.6 Å². The lowest BCUT2D eigenvalue weighted by atomic mass is 10.0. The minimum absolute atomic E-state index is 0.0966. The third kappa shape index (κ3) is 2.76. The van der Waals surface area contributed by atoms with Crippen LogP contribution in [0.15, 0.2) is 6.07 Å². The first kappa shape index (κ1) is 14.3. The summed E-state index contributed by atoms with van der Waals surface area (Å²) in [7, 11) is 0. The molecule has 19 heavy (non-hydrogen) atoms. The molecule has 0 spiro atoms. The number of nitrogens with one attached hydrogen (secondary N) is 1. The highest BCUT2D eigenvalue weighted by atomic mass is 32.1. The van der Waals surface area contributed by atoms with E-state index in [-0.39, 0.29) is 6.54 Å². The summed E-state index contributed by atoms with van der Waals surface area (Å²) in [6.45, 7) is 0.774. The highest BCUT2D eigenvalue weighted by Gasteiger charge is 2.53. The van der Waals surface area contributed by atoms with Crippen molar-refractivity contribution in [1.29, 1.82) is 0 Å². The fraction of sp³-hybridized carbons (Fsp3) is 0.583. The third-order valence-electron chi connectivity index (χ3n) is 3.28. The maximum absolute atomic E-state index is 12.6. The van der Waals surface area contributed by atoms with Crippen molar-refractivity contribution in [3.63, 3.8) is 0 Å². The molecule has 7 heteroatoms. The van der Waals surface area contributed by atoms with Crippen molar-refractivity contribution in [2.24, 2.45) is 5.73 Å². The van der Waals surface area contributed by atoms with Gasteiger partial charge in [-0.25, -0.2) is 0 Å². The Morgan fingerprint density at radius 1 is 1.47 bits per heavy atom. The smallest absolute Gasteiger partial charge is 0.349 e. The predicted octanol–water partition coefficient (Wildman–Crippen LogP) is 2.13. The van der Waals surface area contributed by atoms with Gasteiger partial charge in [-0.15, -0.1) is 11.3 Å². The molecule has 0 saturated heterocycles. The summed E-state index contributed by atoms with van der Waals surface area (Å²) in [5.74, 6) is -1.20. The number of alkyl halides is 3. The van der Waals surface area contributed by atoms with Crippen molar-refractivity contribution in [2.45, 2.75) is 44.4 Å². The van der Waals surface area contributed by atoms with E-state index in [1.165, 1.54) is 10.4 Å². The van der Waals surface area contributed by atoms with Gasteiger partial charge in [0.2, 0.25) is 5.91 Å². The van der Waals surface area contributed by atoms with Crippen LogP contribution in [0, 0.1) is 0 Å². The van der Waals surface area contributed by atoms with Crippen LogP contribution in [0.5, 0.6) is 0 Å². The van der Waals surface area contributed by atoms with Gasteiger partial charge in [0.15, 0.2) is 5.54 Å². The Kier molecular flexibility index (Phi) is 3.61. The van der Waals surface area contributed by atoms with Gasteiger partial charge in [-0.3, -0.25) is 4.79 Å². The molecular formula is C12H15F3N2OS. The second kappa shape index (κ2) is 4.79. The third-order valence-corrected chi connectivity index (χ3v) is 4.52. The van der Waals surface area contributed by atoms with E-state index in [0.29, 0.717) is 6.92 Å². The van der Waals surface area contributed by atoms with Gasteiger partial charge in [0.05, 0.1) is 6.54 Å². The van der Waals surface area contributed by atoms with E-state index in [1.807, 2.05) is 6.07 Å². The number of hydrogen-bond acceptors (Lipinski definition) is 3. The number of rotatable bonds is 3. The molecule has 1 unspecified atom stereocenters. The summed E-state index contributed by atoms with van der Waals surface area (Å²) in [4.78, 5) is 13.7. The van der Waals surface area contributed by atoms with Gasteiger partial charge in [0.25, 0.3) is 0 Å². The van der Waals surface area contributed by atoms with Crippen LogP contribution in [0.3, 0.4) is 0 Å². The maximum Gasteiger partial charge on any atom is 0.415 e. The van der Waals surface area contributed by atoms with E-state index in [0.717, 1.165) is 24.1 Å². The van der Waals surface area contributed by atoms with Crippen molar-refractivity contribution in [1.82, 2.24) is 5.32 Å². The fourth-order valence-electron chi connectivity index (χ4n) is 1.96. The van der Waals surface area contributed by atoms with E-state index >= 15 is 0 Å². The molecule has 1 aliphatic carbocycles. The molecule has 1 aliphatic rings. The van der Waals surface area contributed by atoms with E-state index in [9.17, 15) is 18.0 Å². The lowest BCUT2D eigenvalue weighted by Gasteiger charge is -2.25. The molecule has 0 aliphatic heterocycles. The van der Waals surface area contributed by atoms with E-state index in [4.69, 9.17) is 5.73 Å². The molecule has 1 amide bonds. The van der Waals surface area contributed by atoms with Crippen molar-refractivity contribution < 1.29 is 18.0 Å². The first-order valence-corrected chi connectivity index (χ1v) is 6.78. The van der Waals surface area contributed by atoms with Gasteiger partial charge in [-0.05, 0) is 37.8 Å². The highest BCUT2D eigenvalue weighted by Crippen LogP contribution is 2.31. The van der Waals surface area contributed by atoms with Gasteiger partial charge in [0, 0.05) is 9.75 Å². The molecule has 0 saturated carbocycles. The van der Waals surface area contributed by atoms with Crippen molar-refractivity contribution in [2.75, 3.05) is 0 Å². The highest BCUT2D eigenvalue weighted by molar-refractivity contribution is 7.12. The Hall–Kier alpha value is -1.08. The number of thiophene rings is 1. The van der Waals surface area contributed by atoms with E-state index in [1.54, 1.807) is 11.3 Å². The Bertz CT molecular complexity index is 472. The molecule has 0 bridgehead atoms. The number of halogens is 3. The summed E-state index contributed by atoms with van der Waals surface area (Å²) in [5.41, 5.74) is 3.44. The van der Waals surface area contributed by atoms with Crippen LogP contribution >= 0.6 is 11.3 Å². The molecule has 106 valence electrons. The van der Waals surface area contributed by atoms with Gasteiger partial charge in [-0.1, -0.05) is 0 Å². The molecule has 3 N–H and O–H groups in total. The van der Waals surface area contributed by atoms with Crippen LogP contribution in [0.25, 0.3) is 0 Å². The molecule has 3 nitrogen and oxygen atoms in total. The minimum Gasteiger partial charge on any atom is -0.349 e. The number of aryl methyl sites for hydroxylation is 2. The lowest BCUT2D eigenvalue weighted by Crippen LogP contribution is -2.61. The largest absolute Gasteiger partial charge is 0.415 e. The van der Waals surface area contributed by atoms with Crippen LogP contribution in [0.2, 0.25) is 0 Å². The summed E-state index contributed by atoms with van der Waals surface area (Å²) < 4.78 is 37.7. The standard InChI is InChI=1S/C12H15F3N2OS/c1-11(16,12(13,14)15)10(18)17-6-8-5-7-3-2-4-9(7)19-8/h5H,2-4,6,16H2,1H3,(H,17,18). The number of nitrogens with two attached hydrogens (primary N) is 1. The number of carbonyl (C=O) groups is 1. The molecule has 0 radical (unpaired) electrons. The summed E-state index contributed by atoms with van der Waals surface area (Å²) in [5, 5.41) is 2.26. The normalized spacial score (nSPS) is 17.9. The van der Waals surface area contributed by atoms with Crippen LogP contribution in [-0.2, 0) is 24.2 Å². The Labute approximate surface area is 113 Å². The second-order valence-electron chi connectivity index (χ2n) is 4.90. The Morgan fingerprint density at radius 3 is 2.74 bits per heavy atom. The molecule has 1 aromatic rings. The molecule has 1 heterocycles. The van der Waals surface area contributed by atoms with Crippen LogP contribution < -0.4 is 11.1 Å². The Balaban J connectivity index is 1.97. The summed E-state index contributed by atoms with van der Waals surface area (Å²) in [6, 6.07) is 1.95. The second-order valence-corrected chi connectivity index (χ2v) is 6.12. The van der Waals surface area contributed by atoms with Crippen LogP contribution in [0.4, 0.5) is 13.2 Å². The quantitative estimate of drug-likeness (QED) is 0.896. The van der Waals surface area contributed by atoms with Gasteiger partial charge >= 0.3 is 6.18 Å². The van der Waals surface area contributed by atoms with Gasteiger partial charge in [0.1, 0.15) is 0 Å². The average molecular weight is 292 g/mol. The molecule has 0 aromatic carbocycles. The zero-order valence-electron chi connectivity index (χ0n) is 10.4. The molecule has 1 atom stereocenters. The first-order chi connectivity index (χ1) is 8.72. The number of hydrogen-bond donors (Lipinski definition) is 2. The predicted molar refractivity (Wildman–Crippen MR) is 66.8 cm³/mol. The monoisotopic (exact) mass is 292 g/mol. The molecule has 2 rings (SSSR count). The van der Waals surface area contributed by atoms with Gasteiger partial charge < -0.3 is 11.1 Å². The summed E-state index contributed by atoms with van der Waals surface area (Å²) in [6.07, 6.45) is -1.60. The average Bonchev–Trinajstić information content (AvgIpc) is 2.83. The molecule has 1 aromatic heterocycles. The zero-order valence-corrected chi connectivity index (χ0v) is 11.3. The maximum atomic E-state index is 12.6. The van der Waals surface area contributed by atoms with Crippen molar-refractivity contribution in [3.05, 3.63) is 21.4 Å². The number of fused-ring (bicyclic) bond motifs is 1. The first-order valence-electron chi connectivity index (χ1n) is 5.96. The van der Waals surface area contributed by atoms with Gasteiger partial charge in [-0.2, -0.15) is 13.2 Å². The fourth-order valence-corrected chi connectivity index (χ4v) is 3.16. The number of carbonyl (C=O) groups excluding carboxylic acids is 1. The Morgan fingerprint density at radius 2 is 2.16 bits per heavy atom. The van der Waals surface area contributed by atoms with Crippen LogP contribution in [-0.4, -0.2) is 17.6 Å². The summed E-state index contributed by atoms with van der Waals surface area (Å²) >= 11 is 1.55. The SMILES string of the molecule is CC(N)(C(=O)NCc1cc2c(s1)CCC2)C(F)(F)F. The molecule has 0 fully saturated rings.